The first kappa shape index (κ1) is 22.5. The van der Waals surface area contributed by atoms with Crippen LogP contribution in [0, 0.1) is 18.6 Å². The van der Waals surface area contributed by atoms with Crippen LogP contribution in [0.2, 0.25) is 0 Å². The van der Waals surface area contributed by atoms with Crippen molar-refractivity contribution in [1.82, 2.24) is 0 Å². The molecule has 0 saturated heterocycles. The number of ether oxygens (including phenoxy) is 1. The Balaban J connectivity index is 1.97. The molecule has 3 aromatic carbocycles. The van der Waals surface area contributed by atoms with Gasteiger partial charge in [-0.05, 0) is 55.0 Å². The zero-order valence-electron chi connectivity index (χ0n) is 16.4. The second kappa shape index (κ2) is 8.52. The third-order valence-corrected chi connectivity index (χ3v) is 7.17. The van der Waals surface area contributed by atoms with Crippen molar-refractivity contribution in [2.24, 2.45) is 0 Å². The Morgan fingerprint density at radius 1 is 0.806 bits per heavy atom. The van der Waals surface area contributed by atoms with E-state index in [1.807, 2.05) is 0 Å². The van der Waals surface area contributed by atoms with Gasteiger partial charge in [0.05, 0.1) is 23.4 Å². The molecule has 0 aliphatic carbocycles. The number of rotatable bonds is 7. The van der Waals surface area contributed by atoms with Crippen LogP contribution < -0.4 is 14.2 Å². The Kier molecular flexibility index (Phi) is 6.18. The van der Waals surface area contributed by atoms with Crippen LogP contribution in [0.3, 0.4) is 0 Å². The lowest BCUT2D eigenvalue weighted by atomic mass is 10.2. The van der Waals surface area contributed by atoms with Gasteiger partial charge in [0.15, 0.2) is 0 Å². The van der Waals surface area contributed by atoms with Crippen molar-refractivity contribution in [2.45, 2.75) is 16.7 Å². The number of hydrogen-bond donors (Lipinski definition) is 2. The maximum Gasteiger partial charge on any atom is 0.264 e. The van der Waals surface area contributed by atoms with Gasteiger partial charge in [-0.2, -0.15) is 0 Å². The molecule has 0 aliphatic rings. The highest BCUT2D eigenvalue weighted by Crippen LogP contribution is 2.29. The lowest BCUT2D eigenvalue weighted by Gasteiger charge is -2.15. The SMILES string of the molecule is COc1ccccc1NS(=O)(=O)c1cc(NS(=O)(=O)c2cc(F)ccc2F)ccc1C. The summed E-state index contributed by atoms with van der Waals surface area (Å²) in [6.07, 6.45) is 0. The van der Waals surface area contributed by atoms with Crippen molar-refractivity contribution in [2.75, 3.05) is 16.6 Å². The van der Waals surface area contributed by atoms with Gasteiger partial charge in [-0.25, -0.2) is 25.6 Å². The van der Waals surface area contributed by atoms with Crippen molar-refractivity contribution in [3.05, 3.63) is 77.9 Å². The Hall–Kier alpha value is -3.18. The van der Waals surface area contributed by atoms with Crippen molar-refractivity contribution in [1.29, 1.82) is 0 Å². The Labute approximate surface area is 178 Å². The van der Waals surface area contributed by atoms with E-state index in [2.05, 4.69) is 9.44 Å². The van der Waals surface area contributed by atoms with Gasteiger partial charge >= 0.3 is 0 Å². The number of methoxy groups -OCH3 is 1. The molecular formula is C20H18F2N2O5S2. The fourth-order valence-electron chi connectivity index (χ4n) is 2.78. The van der Waals surface area contributed by atoms with Gasteiger partial charge < -0.3 is 4.74 Å². The summed E-state index contributed by atoms with van der Waals surface area (Å²) in [5.74, 6) is -1.79. The zero-order chi connectivity index (χ0) is 22.8. The van der Waals surface area contributed by atoms with Gasteiger partial charge in [0, 0.05) is 0 Å². The van der Waals surface area contributed by atoms with E-state index in [1.165, 1.54) is 32.2 Å². The van der Waals surface area contributed by atoms with Gasteiger partial charge in [0.25, 0.3) is 20.0 Å². The normalized spacial score (nSPS) is 11.7. The summed E-state index contributed by atoms with van der Waals surface area (Å²) in [6, 6.07) is 12.2. The van der Waals surface area contributed by atoms with E-state index < -0.39 is 36.6 Å². The molecule has 7 nitrogen and oxygen atoms in total. The quantitative estimate of drug-likeness (QED) is 0.548. The molecule has 0 aromatic heterocycles. The molecule has 0 heterocycles. The second-order valence-corrected chi connectivity index (χ2v) is 9.77. The molecule has 0 aliphatic heterocycles. The summed E-state index contributed by atoms with van der Waals surface area (Å²) in [7, 11) is -7.26. The summed E-state index contributed by atoms with van der Waals surface area (Å²) in [5.41, 5.74) is 0.383. The van der Waals surface area contributed by atoms with E-state index in [-0.39, 0.29) is 16.3 Å². The van der Waals surface area contributed by atoms with Crippen LogP contribution in [0.4, 0.5) is 20.2 Å². The molecule has 0 radical (unpaired) electrons. The fourth-order valence-corrected chi connectivity index (χ4v) is 5.26. The molecule has 3 aromatic rings. The molecule has 11 heteroatoms. The van der Waals surface area contributed by atoms with Gasteiger partial charge in [-0.3, -0.25) is 9.44 Å². The van der Waals surface area contributed by atoms with Crippen molar-refractivity contribution in [3.8, 4) is 5.75 Å². The van der Waals surface area contributed by atoms with Crippen LogP contribution in [0.25, 0.3) is 0 Å². The van der Waals surface area contributed by atoms with E-state index in [4.69, 9.17) is 4.74 Å². The standard InChI is InChI=1S/C20H18F2N2O5S2/c1-13-7-9-15(23-31(27,28)20-11-14(21)8-10-16(20)22)12-19(13)30(25,26)24-17-5-3-4-6-18(17)29-2/h3-12,23-24H,1-2H3. The van der Waals surface area contributed by atoms with Crippen LogP contribution in [0.1, 0.15) is 5.56 Å². The number of anilines is 2. The van der Waals surface area contributed by atoms with E-state index in [0.717, 1.165) is 12.1 Å². The van der Waals surface area contributed by atoms with Crippen molar-refractivity contribution in [3.63, 3.8) is 0 Å². The molecule has 164 valence electrons. The van der Waals surface area contributed by atoms with Crippen molar-refractivity contribution >= 4 is 31.4 Å². The number of para-hydroxylation sites is 2. The van der Waals surface area contributed by atoms with Crippen molar-refractivity contribution < 1.29 is 30.4 Å². The van der Waals surface area contributed by atoms with E-state index >= 15 is 0 Å². The summed E-state index contributed by atoms with van der Waals surface area (Å²) in [5, 5.41) is 0. The molecule has 3 rings (SSSR count). The van der Waals surface area contributed by atoms with Gasteiger partial charge in [-0.15, -0.1) is 0 Å². The van der Waals surface area contributed by atoms with Gasteiger partial charge in [-0.1, -0.05) is 18.2 Å². The molecule has 0 amide bonds. The maximum absolute atomic E-state index is 13.9. The fraction of sp³-hybridized carbons (Fsp3) is 0.100. The summed E-state index contributed by atoms with van der Waals surface area (Å²) in [4.78, 5) is -1.11. The minimum absolute atomic E-state index is 0.144. The summed E-state index contributed by atoms with van der Waals surface area (Å²) in [6.45, 7) is 1.53. The number of hydrogen-bond acceptors (Lipinski definition) is 5. The first-order chi connectivity index (χ1) is 14.5. The van der Waals surface area contributed by atoms with Crippen LogP contribution in [0.5, 0.6) is 5.75 Å². The lowest BCUT2D eigenvalue weighted by Crippen LogP contribution is -2.17. The third-order valence-electron chi connectivity index (χ3n) is 4.26. The first-order valence-corrected chi connectivity index (χ1v) is 11.7. The molecule has 0 atom stereocenters. The van der Waals surface area contributed by atoms with Gasteiger partial charge in [0.2, 0.25) is 0 Å². The molecule has 0 bridgehead atoms. The topological polar surface area (TPSA) is 102 Å². The predicted octanol–water partition coefficient (Wildman–Crippen LogP) is 3.88. The Morgan fingerprint density at radius 3 is 2.19 bits per heavy atom. The number of nitrogens with one attached hydrogen (secondary N) is 2. The highest BCUT2D eigenvalue weighted by Gasteiger charge is 2.23. The number of aryl methyl sites for hydroxylation is 1. The maximum atomic E-state index is 13.9. The average Bonchev–Trinajstić information content (AvgIpc) is 2.71. The highest BCUT2D eigenvalue weighted by atomic mass is 32.2. The zero-order valence-corrected chi connectivity index (χ0v) is 18.0. The summed E-state index contributed by atoms with van der Waals surface area (Å²) >= 11 is 0. The number of sulfonamides is 2. The molecule has 0 fully saturated rings. The van der Waals surface area contributed by atoms with E-state index in [1.54, 1.807) is 18.2 Å². The van der Waals surface area contributed by atoms with Gasteiger partial charge in [0.1, 0.15) is 22.3 Å². The average molecular weight is 469 g/mol. The lowest BCUT2D eigenvalue weighted by molar-refractivity contribution is 0.417. The molecule has 0 saturated carbocycles. The monoisotopic (exact) mass is 468 g/mol. The smallest absolute Gasteiger partial charge is 0.264 e. The predicted molar refractivity (Wildman–Crippen MR) is 112 cm³/mol. The third kappa shape index (κ3) is 4.94. The Morgan fingerprint density at radius 2 is 1.48 bits per heavy atom. The van der Waals surface area contributed by atoms with Crippen LogP contribution >= 0.6 is 0 Å². The summed E-state index contributed by atoms with van der Waals surface area (Å²) < 4.78 is 87.8. The molecule has 0 unspecified atom stereocenters. The minimum Gasteiger partial charge on any atom is -0.495 e. The Bertz CT molecular complexity index is 1340. The van der Waals surface area contributed by atoms with E-state index in [9.17, 15) is 25.6 Å². The number of benzene rings is 3. The van der Waals surface area contributed by atoms with Crippen LogP contribution in [-0.4, -0.2) is 23.9 Å². The second-order valence-electron chi connectivity index (χ2n) is 6.47. The number of halogens is 2. The molecular weight excluding hydrogens is 450 g/mol. The molecule has 2 N–H and O–H groups in total. The largest absolute Gasteiger partial charge is 0.495 e. The first-order valence-electron chi connectivity index (χ1n) is 8.78. The molecule has 0 spiro atoms. The van der Waals surface area contributed by atoms with Crippen LogP contribution in [0.15, 0.2) is 70.5 Å². The van der Waals surface area contributed by atoms with Crippen LogP contribution in [-0.2, 0) is 20.0 Å². The minimum atomic E-state index is -4.51. The highest BCUT2D eigenvalue weighted by molar-refractivity contribution is 7.93. The van der Waals surface area contributed by atoms with E-state index in [0.29, 0.717) is 23.4 Å². The molecule has 31 heavy (non-hydrogen) atoms.